The number of aliphatic hydroxyl groups excluding tert-OH is 2. The van der Waals surface area contributed by atoms with Gasteiger partial charge in [0.25, 0.3) is 0 Å². The topological polar surface area (TPSA) is 222 Å². The third kappa shape index (κ3) is 30.2. The lowest BCUT2D eigenvalue weighted by molar-refractivity contribution is -0.275. The molecule has 16 rings (SSSR count). The Hall–Kier alpha value is -11.7. The molecule has 32 heteroatoms. The fourth-order valence-electron chi connectivity index (χ4n) is 18.8. The second-order valence-electron chi connectivity index (χ2n) is 37.6. The Morgan fingerprint density at radius 1 is 0.444 bits per heavy atom. The standard InChI is InChI=1S/C37H44F3N5O2.C37H45F3N4O3.C36H35Cl2F3N4O3/c1-26(46)22-33(41-24-27-6-4-3-5-7-27)30-12-17-35-34(23-30)42-36(29-10-13-31(14-11-29)44-20-18-43(2)19-21-44)45(35)25-28-8-15-32(16-9-28)47-37(38,39)40;1-26(45)22-33(41-24-27-8-5-4-6-9-27)30-14-19-35-34(23-30)42-36(29-12-17-31(18-13-29)46-21-7-20-43(2)3)44(35)25-28-10-15-32(16-11-28)47-37(38,39)40;1-23(48)18-32(42-21-25-4-12-30(37)31(38)19-25)27-7-13-34-33(20-27)43-35(26-5-10-29(11-6-26)44(14-16-46)15-17-47)45(34)22-24-2-8-28(9-3-24)36(39,40)41/h8-17,23,27,33,41H,3-7,18-22,24-25H2,1-2H3;10-19,23,27,33,41H,4-9,20-22,24-25H2,1-3H3;2-13,19-20,32,42,46-47H,14-18,21-22H2,1H3. The first-order valence-electron chi connectivity index (χ1n) is 48.6. The number of carbonyl (C=O) groups excluding carboxylic acids is 3. The average Bonchev–Trinajstić information content (AvgIpc) is 1.63. The van der Waals surface area contributed by atoms with E-state index in [1.54, 1.807) is 50.2 Å². The van der Waals surface area contributed by atoms with Crippen molar-refractivity contribution in [1.82, 2.24) is 54.4 Å². The van der Waals surface area contributed by atoms with E-state index in [-0.39, 0.29) is 73.2 Å². The minimum absolute atomic E-state index is 0.00628. The Morgan fingerprint density at radius 3 is 1.20 bits per heavy atom. The van der Waals surface area contributed by atoms with Crippen LogP contribution in [0.1, 0.15) is 173 Å². The predicted octanol–water partition coefficient (Wildman–Crippen LogP) is 23.4. The van der Waals surface area contributed by atoms with Crippen LogP contribution in [0.3, 0.4) is 0 Å². The minimum Gasteiger partial charge on any atom is -0.494 e. The molecule has 0 spiro atoms. The molecule has 754 valence electrons. The van der Waals surface area contributed by atoms with Gasteiger partial charge in [-0.05, 0) is 296 Å². The van der Waals surface area contributed by atoms with Gasteiger partial charge in [-0.3, -0.25) is 14.4 Å². The zero-order valence-corrected chi connectivity index (χ0v) is 82.4. The van der Waals surface area contributed by atoms with Gasteiger partial charge in [-0.1, -0.05) is 122 Å². The van der Waals surface area contributed by atoms with Gasteiger partial charge in [-0.25, -0.2) is 15.0 Å². The second kappa shape index (κ2) is 49.5. The number of anilines is 2. The number of benzene rings is 10. The Morgan fingerprint density at radius 2 is 0.824 bits per heavy atom. The van der Waals surface area contributed by atoms with Crippen LogP contribution in [-0.4, -0.2) is 179 Å². The molecule has 3 fully saturated rings. The summed E-state index contributed by atoms with van der Waals surface area (Å²) in [6.45, 7) is 14.2. The van der Waals surface area contributed by atoms with Crippen LogP contribution < -0.4 is 40.0 Å². The number of Topliss-reactive ketones (excluding diaryl/α,β-unsaturated/α-hetero) is 3. The molecule has 3 aromatic heterocycles. The van der Waals surface area contributed by atoms with E-state index in [1.807, 2.05) is 102 Å². The number of ether oxygens (including phenoxy) is 3. The summed E-state index contributed by atoms with van der Waals surface area (Å²) in [5.74, 6) is 3.89. The number of likely N-dealkylation sites (N-methyl/N-ethyl adjacent to an activating group) is 1. The van der Waals surface area contributed by atoms with Crippen LogP contribution in [0.15, 0.2) is 218 Å². The van der Waals surface area contributed by atoms with Crippen LogP contribution in [0, 0.1) is 11.8 Å². The van der Waals surface area contributed by atoms with Crippen LogP contribution in [0.4, 0.5) is 50.9 Å². The number of hydrogen-bond acceptors (Lipinski definition) is 18. The van der Waals surface area contributed by atoms with E-state index in [4.69, 9.17) is 42.9 Å². The number of hydrogen-bond donors (Lipinski definition) is 5. The molecule has 2 aliphatic carbocycles. The summed E-state index contributed by atoms with van der Waals surface area (Å²) in [5, 5.41) is 30.7. The van der Waals surface area contributed by atoms with E-state index in [1.165, 1.54) is 113 Å². The van der Waals surface area contributed by atoms with E-state index >= 15 is 0 Å². The molecule has 21 nitrogen and oxygen atoms in total. The van der Waals surface area contributed by atoms with Gasteiger partial charge in [0.2, 0.25) is 0 Å². The monoisotopic (exact) mass is 2000 g/mol. The number of piperazine rings is 1. The highest BCUT2D eigenvalue weighted by Crippen LogP contribution is 2.39. The molecule has 3 atom stereocenters. The van der Waals surface area contributed by atoms with E-state index in [0.29, 0.717) is 91.0 Å². The van der Waals surface area contributed by atoms with Crippen molar-refractivity contribution in [3.8, 4) is 51.4 Å². The van der Waals surface area contributed by atoms with Gasteiger partial charge in [0.15, 0.2) is 0 Å². The Labute approximate surface area is 832 Å². The SMILES string of the molecule is CC(=O)CC(NCC1CCCCC1)c1ccc2c(c1)nc(-c1ccc(N3CCN(C)CC3)cc1)n2Cc1ccc(OC(F)(F)F)cc1.CC(=O)CC(NCC1CCCCC1)c1ccc2c(c1)nc(-c1ccc(OCCCN(C)C)cc1)n2Cc1ccc(OC(F)(F)F)cc1.CC(=O)CC(NCc1ccc(Cl)c(Cl)c1)c1ccc2c(c1)nc(-c1ccc(N(CCO)CCO)cc1)n2Cc1ccc(C(F)(F)F)cc1. The van der Waals surface area contributed by atoms with Crippen molar-refractivity contribution in [1.29, 1.82) is 0 Å². The van der Waals surface area contributed by atoms with E-state index in [2.05, 4.69) is 111 Å². The molecule has 3 aliphatic rings. The van der Waals surface area contributed by atoms with Crippen LogP contribution >= 0.6 is 23.2 Å². The molecule has 13 aromatic rings. The van der Waals surface area contributed by atoms with Crippen molar-refractivity contribution in [3.63, 3.8) is 0 Å². The quantitative estimate of drug-likeness (QED) is 0.0178. The first-order valence-corrected chi connectivity index (χ1v) is 49.3. The summed E-state index contributed by atoms with van der Waals surface area (Å²) in [5.41, 5.74) is 14.8. The summed E-state index contributed by atoms with van der Waals surface area (Å²) in [4.78, 5) is 60.8. The first-order chi connectivity index (χ1) is 68.1. The molecule has 0 radical (unpaired) electrons. The summed E-state index contributed by atoms with van der Waals surface area (Å²) in [6, 6.07) is 63.7. The molecule has 1 saturated heterocycles. The van der Waals surface area contributed by atoms with Crippen molar-refractivity contribution >= 4 is 85.0 Å². The zero-order chi connectivity index (χ0) is 101. The Balaban J connectivity index is 0.000000169. The number of alkyl halides is 9. The molecule has 3 unspecified atom stereocenters. The third-order valence-corrected chi connectivity index (χ3v) is 27.0. The Kier molecular flexibility index (Phi) is 37.0. The number of halogens is 11. The van der Waals surface area contributed by atoms with Gasteiger partial charge in [0.1, 0.15) is 52.1 Å². The van der Waals surface area contributed by atoms with Crippen molar-refractivity contribution in [2.75, 3.05) is 110 Å². The molecule has 10 aromatic carbocycles. The third-order valence-electron chi connectivity index (χ3n) is 26.3. The van der Waals surface area contributed by atoms with E-state index < -0.39 is 24.5 Å². The normalized spacial score (nSPS) is 14.8. The van der Waals surface area contributed by atoms with Crippen molar-refractivity contribution < 1.29 is 78.3 Å². The van der Waals surface area contributed by atoms with Crippen LogP contribution in [0.25, 0.3) is 67.3 Å². The number of nitrogens with one attached hydrogen (secondary N) is 3. The lowest BCUT2D eigenvalue weighted by Gasteiger charge is -2.34. The van der Waals surface area contributed by atoms with Crippen LogP contribution in [0.5, 0.6) is 17.2 Å². The fraction of sp³-hybridized carbons (Fsp3) is 0.400. The van der Waals surface area contributed by atoms with Gasteiger partial charge in [-0.2, -0.15) is 13.2 Å². The van der Waals surface area contributed by atoms with Crippen molar-refractivity contribution in [2.45, 2.75) is 174 Å². The average molecular weight is 2000 g/mol. The summed E-state index contributed by atoms with van der Waals surface area (Å²) >= 11 is 12.3. The summed E-state index contributed by atoms with van der Waals surface area (Å²) in [7, 11) is 6.21. The second-order valence-corrected chi connectivity index (χ2v) is 38.4. The fourth-order valence-corrected chi connectivity index (χ4v) is 19.2. The highest BCUT2D eigenvalue weighted by Gasteiger charge is 2.34. The van der Waals surface area contributed by atoms with Gasteiger partial charge in [0.05, 0.1) is 68.5 Å². The van der Waals surface area contributed by atoms with Gasteiger partial charge in [0, 0.05) is 137 Å². The maximum Gasteiger partial charge on any atom is 0.573 e. The molecule has 0 amide bonds. The van der Waals surface area contributed by atoms with Crippen molar-refractivity contribution in [3.05, 3.63) is 273 Å². The molecule has 142 heavy (non-hydrogen) atoms. The molecule has 0 bridgehead atoms. The molecule has 5 N–H and O–H groups in total. The number of aromatic nitrogens is 6. The summed E-state index contributed by atoms with van der Waals surface area (Å²) < 4.78 is 137. The zero-order valence-electron chi connectivity index (χ0n) is 80.9. The number of imidazole rings is 3. The lowest BCUT2D eigenvalue weighted by atomic mass is 9.89. The number of fused-ring (bicyclic) bond motifs is 3. The van der Waals surface area contributed by atoms with Gasteiger partial charge >= 0.3 is 18.9 Å². The molecular weight excluding hydrogens is 1870 g/mol. The molecule has 2 saturated carbocycles. The van der Waals surface area contributed by atoms with Gasteiger partial charge in [-0.15, -0.1) is 26.3 Å². The minimum atomic E-state index is -4.75. The van der Waals surface area contributed by atoms with E-state index in [0.717, 1.165) is 165 Å². The highest BCUT2D eigenvalue weighted by atomic mass is 35.5. The van der Waals surface area contributed by atoms with Crippen LogP contribution in [-0.2, 0) is 46.7 Å². The highest BCUT2D eigenvalue weighted by molar-refractivity contribution is 6.42. The summed E-state index contributed by atoms with van der Waals surface area (Å²) in [6.07, 6.45) is 0.586. The predicted molar refractivity (Wildman–Crippen MR) is 542 cm³/mol. The number of rotatable bonds is 40. The largest absolute Gasteiger partial charge is 0.573 e. The lowest BCUT2D eigenvalue weighted by Crippen LogP contribution is -2.44. The number of aliphatic hydroxyl groups is 2. The van der Waals surface area contributed by atoms with Crippen molar-refractivity contribution in [2.24, 2.45) is 11.8 Å². The number of ketones is 3. The van der Waals surface area contributed by atoms with Gasteiger partial charge < -0.3 is 73.7 Å². The molecular formula is C110H124Cl2F9N13O8. The van der Waals surface area contributed by atoms with E-state index in [9.17, 15) is 64.1 Å². The molecule has 4 heterocycles. The number of carbonyl (C=O) groups is 3. The Bertz CT molecular complexity index is 6300. The smallest absolute Gasteiger partial charge is 0.494 e. The molecule has 1 aliphatic heterocycles. The first kappa shape index (κ1) is 106. The maximum absolute atomic E-state index is 13.3. The van der Waals surface area contributed by atoms with Crippen LogP contribution in [0.2, 0.25) is 10.0 Å². The maximum atomic E-state index is 13.3. The number of nitrogens with zero attached hydrogens (tertiary/aromatic N) is 10.